The highest BCUT2D eigenvalue weighted by Crippen LogP contribution is 2.24. The maximum atomic E-state index is 9.18. The number of halogens is 1. The number of ether oxygens (including phenoxy) is 1. The third-order valence-corrected chi connectivity index (χ3v) is 5.57. The maximum Gasteiger partial charge on any atom is 0.207 e. The molecular formula is C20H25ClN4OS. The van der Waals surface area contributed by atoms with Crippen LogP contribution in [0.1, 0.15) is 51.7 Å². The minimum atomic E-state index is -0.0420. The zero-order chi connectivity index (χ0) is 20.0. The van der Waals surface area contributed by atoms with E-state index in [0.29, 0.717) is 22.2 Å². The van der Waals surface area contributed by atoms with E-state index in [1.54, 1.807) is 36.8 Å². The van der Waals surface area contributed by atoms with Crippen molar-refractivity contribution in [3.8, 4) is 11.9 Å². The lowest BCUT2D eigenvalue weighted by Crippen LogP contribution is -2.18. The first-order valence-electron chi connectivity index (χ1n) is 8.88. The molecule has 0 atom stereocenters. The van der Waals surface area contributed by atoms with Gasteiger partial charge in [0.25, 0.3) is 0 Å². The van der Waals surface area contributed by atoms with Crippen molar-refractivity contribution in [2.45, 2.75) is 52.5 Å². The van der Waals surface area contributed by atoms with Crippen LogP contribution in [0.2, 0.25) is 5.02 Å². The van der Waals surface area contributed by atoms with Gasteiger partial charge in [0.2, 0.25) is 6.19 Å². The van der Waals surface area contributed by atoms with Crippen molar-refractivity contribution in [2.75, 3.05) is 7.11 Å². The molecule has 2 rings (SSSR count). The van der Waals surface area contributed by atoms with Crippen LogP contribution in [0.3, 0.4) is 0 Å². The number of rotatable bonds is 5. The Labute approximate surface area is 169 Å². The SMILES string of the molecule is CCCCc1cn(C(C)(C)C)s/c1=N\C(=N\C#N)c1cc(Cl)ccc1OC. The lowest BCUT2D eigenvalue weighted by molar-refractivity contribution is 0.414. The minimum Gasteiger partial charge on any atom is -0.496 e. The summed E-state index contributed by atoms with van der Waals surface area (Å²) in [4.78, 5) is 8.69. The highest BCUT2D eigenvalue weighted by atomic mass is 35.5. The van der Waals surface area contributed by atoms with E-state index >= 15 is 0 Å². The molecule has 0 aliphatic heterocycles. The van der Waals surface area contributed by atoms with Crippen LogP contribution >= 0.6 is 23.1 Å². The van der Waals surface area contributed by atoms with E-state index in [1.807, 2.05) is 6.19 Å². The van der Waals surface area contributed by atoms with Gasteiger partial charge in [-0.05, 0) is 63.3 Å². The van der Waals surface area contributed by atoms with Gasteiger partial charge in [-0.15, -0.1) is 0 Å². The number of aryl methyl sites for hydroxylation is 1. The van der Waals surface area contributed by atoms with Gasteiger partial charge >= 0.3 is 0 Å². The zero-order valence-corrected chi connectivity index (χ0v) is 18.0. The van der Waals surface area contributed by atoms with E-state index in [0.717, 1.165) is 29.5 Å². The van der Waals surface area contributed by atoms with Gasteiger partial charge in [0.15, 0.2) is 5.84 Å². The van der Waals surface area contributed by atoms with E-state index in [9.17, 15) is 5.26 Å². The van der Waals surface area contributed by atoms with Gasteiger partial charge in [-0.3, -0.25) is 3.96 Å². The van der Waals surface area contributed by atoms with E-state index in [2.05, 4.69) is 42.8 Å². The fourth-order valence-corrected chi connectivity index (χ4v) is 3.69. The fourth-order valence-electron chi connectivity index (χ4n) is 2.48. The van der Waals surface area contributed by atoms with Crippen LogP contribution in [-0.4, -0.2) is 16.9 Å². The largest absolute Gasteiger partial charge is 0.496 e. The van der Waals surface area contributed by atoms with Gasteiger partial charge in [0.1, 0.15) is 10.4 Å². The van der Waals surface area contributed by atoms with Crippen molar-refractivity contribution in [1.29, 1.82) is 5.26 Å². The molecule has 0 aliphatic carbocycles. The summed E-state index contributed by atoms with van der Waals surface area (Å²) >= 11 is 7.72. The lowest BCUT2D eigenvalue weighted by Gasteiger charge is -2.19. The van der Waals surface area contributed by atoms with Gasteiger partial charge in [-0.25, -0.2) is 4.99 Å². The van der Waals surface area contributed by atoms with Crippen molar-refractivity contribution in [3.63, 3.8) is 0 Å². The first-order chi connectivity index (χ1) is 12.8. The van der Waals surface area contributed by atoms with Crippen molar-refractivity contribution in [1.82, 2.24) is 3.96 Å². The number of aliphatic imine (C=N–C) groups is 1. The Balaban J connectivity index is 2.66. The van der Waals surface area contributed by atoms with E-state index in [4.69, 9.17) is 21.3 Å². The summed E-state index contributed by atoms with van der Waals surface area (Å²) in [6, 6.07) is 5.21. The van der Waals surface area contributed by atoms with Crippen LogP contribution in [0.4, 0.5) is 0 Å². The van der Waals surface area contributed by atoms with Crippen molar-refractivity contribution >= 4 is 29.0 Å². The molecule has 0 amide bonds. The molecule has 0 bridgehead atoms. The molecule has 0 radical (unpaired) electrons. The molecule has 0 spiro atoms. The fraction of sp³-hybridized carbons (Fsp3) is 0.450. The number of hydrogen-bond acceptors (Lipinski definition) is 4. The molecule has 0 saturated heterocycles. The van der Waals surface area contributed by atoms with Gasteiger partial charge < -0.3 is 4.74 Å². The minimum absolute atomic E-state index is 0.0420. The summed E-state index contributed by atoms with van der Waals surface area (Å²) in [6.45, 7) is 8.63. The molecule has 0 N–H and O–H groups in total. The van der Waals surface area contributed by atoms with Crippen molar-refractivity contribution in [2.24, 2.45) is 9.98 Å². The Morgan fingerprint density at radius 1 is 1.37 bits per heavy atom. The number of nitrogens with zero attached hydrogens (tertiary/aromatic N) is 4. The van der Waals surface area contributed by atoms with Crippen molar-refractivity contribution in [3.05, 3.63) is 45.2 Å². The van der Waals surface area contributed by atoms with Crippen LogP contribution in [0.15, 0.2) is 34.4 Å². The number of unbranched alkanes of at least 4 members (excludes halogenated alkanes) is 1. The molecule has 144 valence electrons. The number of amidine groups is 1. The highest BCUT2D eigenvalue weighted by molar-refractivity contribution is 7.04. The molecule has 1 heterocycles. The number of aromatic nitrogens is 1. The summed E-state index contributed by atoms with van der Waals surface area (Å²) < 4.78 is 8.46. The van der Waals surface area contributed by atoms with Gasteiger partial charge in [-0.2, -0.15) is 10.3 Å². The van der Waals surface area contributed by atoms with E-state index in [1.165, 1.54) is 0 Å². The van der Waals surface area contributed by atoms with Crippen LogP contribution in [0.5, 0.6) is 5.75 Å². The van der Waals surface area contributed by atoms with Crippen LogP contribution < -0.4 is 9.41 Å². The molecule has 1 aromatic carbocycles. The third kappa shape index (κ3) is 5.44. The summed E-state index contributed by atoms with van der Waals surface area (Å²) in [7, 11) is 1.57. The van der Waals surface area contributed by atoms with Gasteiger partial charge in [0.05, 0.1) is 12.7 Å². The Bertz CT molecular complexity index is 929. The van der Waals surface area contributed by atoms with Crippen LogP contribution in [0.25, 0.3) is 0 Å². The second-order valence-electron chi connectivity index (χ2n) is 7.14. The maximum absolute atomic E-state index is 9.18. The highest BCUT2D eigenvalue weighted by Gasteiger charge is 2.17. The molecule has 0 saturated carbocycles. The second kappa shape index (κ2) is 9.20. The second-order valence-corrected chi connectivity index (χ2v) is 8.54. The number of nitriles is 1. The molecule has 1 aromatic heterocycles. The lowest BCUT2D eigenvalue weighted by atomic mass is 10.1. The van der Waals surface area contributed by atoms with E-state index < -0.39 is 0 Å². The van der Waals surface area contributed by atoms with Crippen LogP contribution in [-0.2, 0) is 12.0 Å². The first kappa shape index (κ1) is 21.2. The summed E-state index contributed by atoms with van der Waals surface area (Å²) in [6.07, 6.45) is 7.11. The smallest absolute Gasteiger partial charge is 0.207 e. The monoisotopic (exact) mass is 404 g/mol. The zero-order valence-electron chi connectivity index (χ0n) is 16.4. The average Bonchev–Trinajstić information content (AvgIpc) is 3.02. The van der Waals surface area contributed by atoms with E-state index in [-0.39, 0.29) is 5.54 Å². The molecule has 5 nitrogen and oxygen atoms in total. The third-order valence-electron chi connectivity index (χ3n) is 3.96. The number of hydrogen-bond donors (Lipinski definition) is 0. The molecule has 2 aromatic rings. The van der Waals surface area contributed by atoms with Crippen molar-refractivity contribution < 1.29 is 4.74 Å². The predicted molar refractivity (Wildman–Crippen MR) is 112 cm³/mol. The molecule has 27 heavy (non-hydrogen) atoms. The summed E-state index contributed by atoms with van der Waals surface area (Å²) in [5.41, 5.74) is 1.71. The molecule has 0 unspecified atom stereocenters. The predicted octanol–water partition coefficient (Wildman–Crippen LogP) is 5.14. The first-order valence-corrected chi connectivity index (χ1v) is 10.0. The molecular weight excluding hydrogens is 380 g/mol. The standard InChI is InChI=1S/C20H25ClN4OS/c1-6-7-8-14-12-25(20(2,3)4)27-19(14)24-18(23-13-22)16-11-15(21)9-10-17(16)26-5/h9-12H,6-8H2,1-5H3/b23-18+,24-19-. The molecule has 7 heteroatoms. The Hall–Kier alpha value is -2.10. The molecule has 0 fully saturated rings. The Morgan fingerprint density at radius 3 is 2.70 bits per heavy atom. The quantitative estimate of drug-likeness (QED) is 0.393. The number of benzene rings is 1. The Morgan fingerprint density at radius 2 is 2.11 bits per heavy atom. The molecule has 0 aliphatic rings. The summed E-state index contributed by atoms with van der Waals surface area (Å²) in [5, 5.41) is 9.72. The Kier molecular flexibility index (Phi) is 7.23. The normalized spacial score (nSPS) is 12.9. The average molecular weight is 405 g/mol. The number of methoxy groups -OCH3 is 1. The van der Waals surface area contributed by atoms with Gasteiger partial charge in [0, 0.05) is 22.3 Å². The summed E-state index contributed by atoms with van der Waals surface area (Å²) in [5.74, 6) is 0.880. The van der Waals surface area contributed by atoms with Gasteiger partial charge in [-0.1, -0.05) is 24.9 Å². The van der Waals surface area contributed by atoms with Crippen LogP contribution in [0, 0.1) is 11.5 Å². The topological polar surface area (TPSA) is 62.7 Å².